The van der Waals surface area contributed by atoms with E-state index in [9.17, 15) is 8.42 Å². The number of halogens is 1. The highest BCUT2D eigenvalue weighted by atomic mass is 35.5. The molecule has 0 bridgehead atoms. The van der Waals surface area contributed by atoms with Crippen molar-refractivity contribution in [2.75, 3.05) is 12.3 Å². The number of nitrogens with zero attached hydrogens (tertiary/aromatic N) is 1. The SMILES string of the molecule is CC(C)c1ccc(CN(C)S(=O)(=O)CCl)cc1. The second kappa shape index (κ2) is 5.85. The lowest BCUT2D eigenvalue weighted by atomic mass is 10.0. The van der Waals surface area contributed by atoms with Crippen molar-refractivity contribution >= 4 is 21.6 Å². The number of sulfonamides is 1. The Morgan fingerprint density at radius 1 is 1.24 bits per heavy atom. The largest absolute Gasteiger partial charge is 0.228 e. The molecular formula is C12H18ClNO2S. The molecule has 0 radical (unpaired) electrons. The molecular weight excluding hydrogens is 258 g/mol. The Kier molecular flexibility index (Phi) is 4.98. The van der Waals surface area contributed by atoms with E-state index in [1.165, 1.54) is 16.9 Å². The molecule has 0 N–H and O–H groups in total. The van der Waals surface area contributed by atoms with Crippen molar-refractivity contribution in [3.05, 3.63) is 35.4 Å². The van der Waals surface area contributed by atoms with Gasteiger partial charge in [-0.25, -0.2) is 8.42 Å². The average Bonchev–Trinajstić information content (AvgIpc) is 2.29. The van der Waals surface area contributed by atoms with Crippen LogP contribution in [-0.4, -0.2) is 25.0 Å². The van der Waals surface area contributed by atoms with Crippen LogP contribution < -0.4 is 0 Å². The predicted molar refractivity (Wildman–Crippen MR) is 71.6 cm³/mol. The first kappa shape index (κ1) is 14.5. The first-order chi connectivity index (χ1) is 7.86. The third-order valence-electron chi connectivity index (χ3n) is 2.66. The molecule has 0 aliphatic heterocycles. The number of hydrogen-bond acceptors (Lipinski definition) is 2. The molecule has 17 heavy (non-hydrogen) atoms. The van der Waals surface area contributed by atoms with Crippen LogP contribution in [0.2, 0.25) is 0 Å². The summed E-state index contributed by atoms with van der Waals surface area (Å²) in [5.74, 6) is 0.480. The lowest BCUT2D eigenvalue weighted by molar-refractivity contribution is 0.471. The van der Waals surface area contributed by atoms with Gasteiger partial charge in [0.25, 0.3) is 0 Å². The summed E-state index contributed by atoms with van der Waals surface area (Å²) in [6, 6.07) is 7.97. The van der Waals surface area contributed by atoms with E-state index >= 15 is 0 Å². The van der Waals surface area contributed by atoms with Crippen LogP contribution in [0.4, 0.5) is 0 Å². The maximum absolute atomic E-state index is 11.5. The molecule has 0 spiro atoms. The third kappa shape index (κ3) is 3.98. The van der Waals surface area contributed by atoms with Crippen LogP contribution in [0.3, 0.4) is 0 Å². The summed E-state index contributed by atoms with van der Waals surface area (Å²) >= 11 is 5.39. The summed E-state index contributed by atoms with van der Waals surface area (Å²) in [5.41, 5.74) is 2.21. The Morgan fingerprint density at radius 3 is 2.18 bits per heavy atom. The second-order valence-electron chi connectivity index (χ2n) is 4.37. The van der Waals surface area contributed by atoms with Crippen molar-refractivity contribution in [2.24, 2.45) is 0 Å². The van der Waals surface area contributed by atoms with Gasteiger partial charge in [-0.05, 0) is 17.0 Å². The van der Waals surface area contributed by atoms with Gasteiger partial charge in [-0.3, -0.25) is 0 Å². The zero-order valence-electron chi connectivity index (χ0n) is 10.4. The van der Waals surface area contributed by atoms with Crippen molar-refractivity contribution < 1.29 is 8.42 Å². The van der Waals surface area contributed by atoms with Crippen LogP contribution >= 0.6 is 11.6 Å². The Bertz CT molecular complexity index is 454. The fraction of sp³-hybridized carbons (Fsp3) is 0.500. The smallest absolute Gasteiger partial charge is 0.211 e. The van der Waals surface area contributed by atoms with Crippen molar-refractivity contribution in [3.8, 4) is 0 Å². The molecule has 0 fully saturated rings. The molecule has 0 atom stereocenters. The molecule has 1 aromatic carbocycles. The van der Waals surface area contributed by atoms with Gasteiger partial charge in [0, 0.05) is 13.6 Å². The van der Waals surface area contributed by atoms with Gasteiger partial charge in [-0.15, -0.1) is 11.6 Å². The number of rotatable bonds is 5. The van der Waals surface area contributed by atoms with Gasteiger partial charge in [-0.1, -0.05) is 38.1 Å². The minimum absolute atomic E-state index is 0.355. The molecule has 1 rings (SSSR count). The molecule has 96 valence electrons. The van der Waals surface area contributed by atoms with Gasteiger partial charge in [0.1, 0.15) is 5.21 Å². The topological polar surface area (TPSA) is 37.4 Å². The normalized spacial score (nSPS) is 12.4. The molecule has 0 aromatic heterocycles. The highest BCUT2D eigenvalue weighted by Gasteiger charge is 2.16. The molecule has 3 nitrogen and oxygen atoms in total. The summed E-state index contributed by atoms with van der Waals surface area (Å²) < 4.78 is 24.2. The number of alkyl halides is 1. The van der Waals surface area contributed by atoms with E-state index in [0.717, 1.165) is 5.56 Å². The standard InChI is InChI=1S/C12H18ClNO2S/c1-10(2)12-6-4-11(5-7-12)8-14(3)17(15,16)9-13/h4-7,10H,8-9H2,1-3H3. The molecule has 1 aromatic rings. The minimum Gasteiger partial charge on any atom is -0.211 e. The summed E-state index contributed by atoms with van der Waals surface area (Å²) in [7, 11) is -1.79. The van der Waals surface area contributed by atoms with Gasteiger partial charge in [0.15, 0.2) is 0 Å². The van der Waals surface area contributed by atoms with Crippen molar-refractivity contribution in [2.45, 2.75) is 26.3 Å². The van der Waals surface area contributed by atoms with Crippen molar-refractivity contribution in [3.63, 3.8) is 0 Å². The lowest BCUT2D eigenvalue weighted by Gasteiger charge is -2.15. The Hall–Kier alpha value is -0.580. The highest BCUT2D eigenvalue weighted by molar-refractivity contribution is 7.90. The molecule has 0 heterocycles. The highest BCUT2D eigenvalue weighted by Crippen LogP contribution is 2.16. The van der Waals surface area contributed by atoms with E-state index in [-0.39, 0.29) is 5.21 Å². The zero-order valence-corrected chi connectivity index (χ0v) is 11.9. The molecule has 0 unspecified atom stereocenters. The van der Waals surface area contributed by atoms with E-state index in [1.807, 2.05) is 24.3 Å². The van der Waals surface area contributed by atoms with E-state index < -0.39 is 10.0 Å². The minimum atomic E-state index is -3.32. The summed E-state index contributed by atoms with van der Waals surface area (Å²) in [6.45, 7) is 4.60. The summed E-state index contributed by atoms with van der Waals surface area (Å²) in [4.78, 5) is 0. The Morgan fingerprint density at radius 2 is 1.76 bits per heavy atom. The van der Waals surface area contributed by atoms with E-state index in [0.29, 0.717) is 12.5 Å². The van der Waals surface area contributed by atoms with Crippen LogP contribution in [0, 0.1) is 0 Å². The maximum atomic E-state index is 11.5. The lowest BCUT2D eigenvalue weighted by Crippen LogP contribution is -2.27. The summed E-state index contributed by atoms with van der Waals surface area (Å²) in [6.07, 6.45) is 0. The van der Waals surface area contributed by atoms with Crippen LogP contribution in [-0.2, 0) is 16.6 Å². The van der Waals surface area contributed by atoms with Crippen LogP contribution in [0.25, 0.3) is 0 Å². The van der Waals surface area contributed by atoms with Gasteiger partial charge >= 0.3 is 0 Å². The number of benzene rings is 1. The fourth-order valence-electron chi connectivity index (χ4n) is 1.45. The molecule has 0 amide bonds. The predicted octanol–water partition coefficient (Wildman–Crippen LogP) is 2.77. The average molecular weight is 276 g/mol. The van der Waals surface area contributed by atoms with Gasteiger partial charge < -0.3 is 0 Å². The first-order valence-electron chi connectivity index (χ1n) is 5.45. The second-order valence-corrected chi connectivity index (χ2v) is 7.03. The third-order valence-corrected chi connectivity index (χ3v) is 4.85. The van der Waals surface area contributed by atoms with Crippen LogP contribution in [0.15, 0.2) is 24.3 Å². The maximum Gasteiger partial charge on any atom is 0.228 e. The number of hydrogen-bond donors (Lipinski definition) is 0. The van der Waals surface area contributed by atoms with Crippen LogP contribution in [0.1, 0.15) is 30.9 Å². The Labute approximate surface area is 108 Å². The van der Waals surface area contributed by atoms with E-state index in [2.05, 4.69) is 13.8 Å². The van der Waals surface area contributed by atoms with Gasteiger partial charge in [0.2, 0.25) is 10.0 Å². The molecule has 5 heteroatoms. The van der Waals surface area contributed by atoms with Crippen LogP contribution in [0.5, 0.6) is 0 Å². The van der Waals surface area contributed by atoms with Gasteiger partial charge in [0.05, 0.1) is 0 Å². The fourth-order valence-corrected chi connectivity index (χ4v) is 2.46. The van der Waals surface area contributed by atoms with Crippen molar-refractivity contribution in [1.82, 2.24) is 4.31 Å². The molecule has 0 saturated carbocycles. The zero-order chi connectivity index (χ0) is 13.1. The monoisotopic (exact) mass is 275 g/mol. The molecule has 0 aliphatic carbocycles. The first-order valence-corrected chi connectivity index (χ1v) is 7.60. The van der Waals surface area contributed by atoms with E-state index in [4.69, 9.17) is 11.6 Å². The van der Waals surface area contributed by atoms with E-state index in [1.54, 1.807) is 0 Å². The Balaban J connectivity index is 2.76. The molecule has 0 aliphatic rings. The van der Waals surface area contributed by atoms with Crippen molar-refractivity contribution in [1.29, 1.82) is 0 Å². The quantitative estimate of drug-likeness (QED) is 0.775. The summed E-state index contributed by atoms with van der Waals surface area (Å²) in [5, 5.41) is -0.381. The molecule has 0 saturated heterocycles. The van der Waals surface area contributed by atoms with Gasteiger partial charge in [-0.2, -0.15) is 4.31 Å².